The standard InChI is InChI=1S/C55H67N3O22/c1-3-12-36(50(67)68)74-48-42(63)39(24-60)78-55(49(48)79-51(69)30-15-8-5-9-16-30)76-37-20-28(25-72-53-45(66)47(41(62)38(23-59)77-53)71-26-32-21-31-17-10-11-18-35(31)75-52(32)70)19-34(58-22-33(56-57-58)29-13-6-4-7-14-29)46(37)80-54-44(65)43(64)40(61)27(2)73-54/h4-11,13-18,21-22,27-28,34,36-49,53-55,59-66H,3,12,19-20,23-26H2,1-2H3,(H,67,68)/t27?,28?,34?,36-,37+,38?,39?,40+,41+,42-,43?,44?,45?,46?,47?,48?,49?,53-,54-,55+/m0/s1. The molecule has 3 saturated heterocycles. The fourth-order valence-electron chi connectivity index (χ4n) is 10.5. The molecular formula is C55H67N3O22. The molecule has 1 saturated carbocycles. The van der Waals surface area contributed by atoms with Crippen LogP contribution in [0.2, 0.25) is 0 Å². The van der Waals surface area contributed by atoms with Crippen LogP contribution in [0.15, 0.2) is 106 Å². The number of ether oxygens (including phenoxy) is 9. The second-order valence-corrected chi connectivity index (χ2v) is 20.4. The summed E-state index contributed by atoms with van der Waals surface area (Å²) in [6.45, 7) is 0.880. The molecular weight excluding hydrogens is 1050 g/mol. The van der Waals surface area contributed by atoms with Crippen LogP contribution in [-0.4, -0.2) is 203 Å². The minimum Gasteiger partial charge on any atom is -0.479 e. The zero-order valence-corrected chi connectivity index (χ0v) is 43.6. The number of fused-ring (bicyclic) bond motifs is 1. The van der Waals surface area contributed by atoms with Gasteiger partial charge in [0.05, 0.1) is 62.0 Å². The summed E-state index contributed by atoms with van der Waals surface area (Å²) in [5, 5.41) is 109. The number of rotatable bonds is 21. The van der Waals surface area contributed by atoms with Crippen molar-refractivity contribution in [3.63, 3.8) is 0 Å². The summed E-state index contributed by atoms with van der Waals surface area (Å²) in [7, 11) is 0. The molecule has 5 aromatic rings. The van der Waals surface area contributed by atoms with Crippen molar-refractivity contribution in [2.24, 2.45) is 5.92 Å². The maximum atomic E-state index is 14.0. The summed E-state index contributed by atoms with van der Waals surface area (Å²) in [5.74, 6) is -3.04. The molecule has 0 radical (unpaired) electrons. The van der Waals surface area contributed by atoms with Gasteiger partial charge in [-0.05, 0) is 56.4 Å². The van der Waals surface area contributed by atoms with E-state index in [2.05, 4.69) is 10.3 Å². The lowest BCUT2D eigenvalue weighted by Crippen LogP contribution is -2.64. The third-order valence-electron chi connectivity index (χ3n) is 14.9. The van der Waals surface area contributed by atoms with Crippen LogP contribution < -0.4 is 5.63 Å². The van der Waals surface area contributed by atoms with Gasteiger partial charge in [-0.2, -0.15) is 0 Å². The van der Waals surface area contributed by atoms with E-state index in [1.165, 1.54) is 23.7 Å². The quantitative estimate of drug-likeness (QED) is 0.0358. The Balaban J connectivity index is 1.07. The van der Waals surface area contributed by atoms with E-state index in [4.69, 9.17) is 47.0 Å². The fraction of sp³-hybridized carbons (Fsp3) is 0.545. The molecule has 0 spiro atoms. The molecule has 9 rings (SSSR count). The number of hydrogen-bond donors (Lipinski definition) is 9. The molecule has 12 unspecified atom stereocenters. The molecule has 4 fully saturated rings. The lowest BCUT2D eigenvalue weighted by molar-refractivity contribution is -0.350. The van der Waals surface area contributed by atoms with Crippen LogP contribution in [-0.2, 0) is 54.0 Å². The van der Waals surface area contributed by atoms with Gasteiger partial charge in [0.25, 0.3) is 0 Å². The normalized spacial score (nSPS) is 34.2. The second-order valence-electron chi connectivity index (χ2n) is 20.4. The summed E-state index contributed by atoms with van der Waals surface area (Å²) >= 11 is 0. The number of aliphatic carboxylic acids is 1. The average molecular weight is 1120 g/mol. The van der Waals surface area contributed by atoms with Crippen LogP contribution in [0, 0.1) is 5.92 Å². The maximum absolute atomic E-state index is 14.0. The number of esters is 1. The van der Waals surface area contributed by atoms with Gasteiger partial charge in [0.15, 0.2) is 31.1 Å². The van der Waals surface area contributed by atoms with E-state index in [1.54, 1.807) is 73.8 Å². The predicted octanol–water partition coefficient (Wildman–Crippen LogP) is 0.584. The summed E-state index contributed by atoms with van der Waals surface area (Å²) in [6.07, 6.45) is -26.5. The molecule has 3 aliphatic heterocycles. The Bertz CT molecular complexity index is 2860. The lowest BCUT2D eigenvalue weighted by atomic mass is 9.81. The first-order chi connectivity index (χ1) is 38.6. The number of aliphatic hydroxyl groups is 8. The Morgan fingerprint density at radius 3 is 2.10 bits per heavy atom. The van der Waals surface area contributed by atoms with Gasteiger partial charge in [0.2, 0.25) is 0 Å². The highest BCUT2D eigenvalue weighted by Crippen LogP contribution is 2.42. The van der Waals surface area contributed by atoms with E-state index in [-0.39, 0.29) is 37.0 Å². The molecule has 2 aromatic heterocycles. The number of benzene rings is 3. The van der Waals surface area contributed by atoms with Crippen molar-refractivity contribution in [1.82, 2.24) is 15.0 Å². The van der Waals surface area contributed by atoms with Crippen LogP contribution >= 0.6 is 0 Å². The van der Waals surface area contributed by atoms with E-state index < -0.39 is 160 Å². The summed E-state index contributed by atoms with van der Waals surface area (Å²) in [4.78, 5) is 39.6. The highest BCUT2D eigenvalue weighted by molar-refractivity contribution is 5.89. The van der Waals surface area contributed by atoms with E-state index in [9.17, 15) is 60.3 Å². The Morgan fingerprint density at radius 2 is 1.40 bits per heavy atom. The van der Waals surface area contributed by atoms with Crippen LogP contribution in [0.5, 0.6) is 0 Å². The average Bonchev–Trinajstić information content (AvgIpc) is 3.97. The first-order valence-electron chi connectivity index (χ1n) is 26.5. The second kappa shape index (κ2) is 26.5. The monoisotopic (exact) mass is 1120 g/mol. The predicted molar refractivity (Wildman–Crippen MR) is 273 cm³/mol. The number of carboxylic acids is 1. The number of aliphatic hydroxyl groups excluding tert-OH is 8. The van der Waals surface area contributed by atoms with Crippen molar-refractivity contribution >= 4 is 22.9 Å². The molecule has 20 atom stereocenters. The van der Waals surface area contributed by atoms with E-state index in [0.29, 0.717) is 28.6 Å². The molecule has 434 valence electrons. The van der Waals surface area contributed by atoms with Gasteiger partial charge in [0.1, 0.15) is 78.4 Å². The highest BCUT2D eigenvalue weighted by Gasteiger charge is 2.55. The summed E-state index contributed by atoms with van der Waals surface area (Å²) < 4.78 is 63.0. The number of nitrogens with zero attached hydrogens (tertiary/aromatic N) is 3. The maximum Gasteiger partial charge on any atom is 0.341 e. The van der Waals surface area contributed by atoms with Crippen LogP contribution in [0.3, 0.4) is 0 Å². The lowest BCUT2D eigenvalue weighted by Gasteiger charge is -2.49. The van der Waals surface area contributed by atoms with Crippen LogP contribution in [0.1, 0.15) is 61.5 Å². The Labute approximate surface area is 457 Å². The van der Waals surface area contributed by atoms with Crippen molar-refractivity contribution in [3.05, 3.63) is 119 Å². The van der Waals surface area contributed by atoms with E-state index in [0.717, 1.165) is 0 Å². The SMILES string of the molecule is CCC[C@H](OC1C(OC(=O)c2ccccc2)[C@H](O[C@@H]2CC(CO[C@H]3OC(CO)[C@@H](O)C(OCc4cc5ccccc5oc4=O)C3O)CC(n3cc(-c4ccccc4)nn3)C2O[C@@H]2OC(C)[C@@H](O)C(O)C2O)OC(CO)[C@@H]1O)C(=O)O. The zero-order chi connectivity index (χ0) is 56.8. The molecule has 3 aromatic carbocycles. The van der Waals surface area contributed by atoms with Crippen LogP contribution in [0.4, 0.5) is 0 Å². The van der Waals surface area contributed by atoms with Crippen molar-refractivity contribution in [1.29, 1.82) is 0 Å². The number of aromatic nitrogens is 3. The largest absolute Gasteiger partial charge is 0.479 e. The van der Waals surface area contributed by atoms with Crippen molar-refractivity contribution in [2.75, 3.05) is 19.8 Å². The molecule has 0 amide bonds. The fourth-order valence-corrected chi connectivity index (χ4v) is 10.5. The first kappa shape index (κ1) is 58.9. The van der Waals surface area contributed by atoms with Crippen molar-refractivity contribution < 1.29 is 103 Å². The Hall–Kier alpha value is -5.69. The van der Waals surface area contributed by atoms with E-state index in [1.807, 2.05) is 18.2 Å². The molecule has 1 aliphatic carbocycles. The smallest absolute Gasteiger partial charge is 0.341 e. The third kappa shape index (κ3) is 13.1. The number of carbonyl (C=O) groups excluding carboxylic acids is 1. The van der Waals surface area contributed by atoms with Gasteiger partial charge in [-0.25, -0.2) is 19.1 Å². The Morgan fingerprint density at radius 1 is 0.725 bits per heavy atom. The minimum absolute atomic E-state index is 0.0342. The third-order valence-corrected chi connectivity index (χ3v) is 14.9. The highest BCUT2D eigenvalue weighted by atomic mass is 16.8. The Kier molecular flexibility index (Phi) is 19.5. The van der Waals surface area contributed by atoms with Gasteiger partial charge in [-0.3, -0.25) is 0 Å². The van der Waals surface area contributed by atoms with Gasteiger partial charge >= 0.3 is 17.6 Å². The molecule has 25 nitrogen and oxygen atoms in total. The summed E-state index contributed by atoms with van der Waals surface area (Å²) in [6, 6.07) is 24.2. The van der Waals surface area contributed by atoms with Crippen molar-refractivity contribution in [2.45, 2.75) is 163 Å². The van der Waals surface area contributed by atoms with Gasteiger partial charge in [-0.15, -0.1) is 5.10 Å². The topological polar surface area (TPSA) is 360 Å². The molecule has 5 heterocycles. The molecule has 25 heteroatoms. The number of hydrogen-bond acceptors (Lipinski definition) is 23. The van der Waals surface area contributed by atoms with Gasteiger partial charge in [-0.1, -0.05) is 85.3 Å². The van der Waals surface area contributed by atoms with E-state index >= 15 is 0 Å². The van der Waals surface area contributed by atoms with Gasteiger partial charge in [0, 0.05) is 10.9 Å². The molecule has 0 bridgehead atoms. The molecule has 4 aliphatic rings. The molecule has 80 heavy (non-hydrogen) atoms. The molecule has 9 N–H and O–H groups in total. The number of carbonyl (C=O) groups is 2. The minimum atomic E-state index is -1.84. The van der Waals surface area contributed by atoms with Crippen molar-refractivity contribution in [3.8, 4) is 11.3 Å². The van der Waals surface area contributed by atoms with Crippen LogP contribution in [0.25, 0.3) is 22.2 Å². The number of para-hydroxylation sites is 1. The van der Waals surface area contributed by atoms with Gasteiger partial charge < -0.3 is 93.0 Å². The summed E-state index contributed by atoms with van der Waals surface area (Å²) in [5.41, 5.74) is 0.865. The first-order valence-corrected chi connectivity index (χ1v) is 26.5. The number of carboxylic acid groups (broad SMARTS) is 1. The zero-order valence-electron chi connectivity index (χ0n) is 43.6.